The van der Waals surface area contributed by atoms with Crippen LogP contribution in [0.15, 0.2) is 0 Å². The lowest BCUT2D eigenvalue weighted by Crippen LogP contribution is -2.58. The molecule has 0 bridgehead atoms. The van der Waals surface area contributed by atoms with Crippen molar-refractivity contribution >= 4 is 6.09 Å². The van der Waals surface area contributed by atoms with Gasteiger partial charge in [-0.15, -0.1) is 0 Å². The van der Waals surface area contributed by atoms with E-state index in [2.05, 4.69) is 15.1 Å². The molecule has 3 fully saturated rings. The molecule has 0 aromatic rings. The maximum Gasteiger partial charge on any atom is 0.410 e. The first-order valence-corrected chi connectivity index (χ1v) is 9.61. The molecule has 3 aliphatic rings. The van der Waals surface area contributed by atoms with Crippen LogP contribution in [0, 0.1) is 0 Å². The fourth-order valence-corrected chi connectivity index (χ4v) is 4.35. The molecule has 1 aliphatic carbocycles. The molecule has 24 heavy (non-hydrogen) atoms. The summed E-state index contributed by atoms with van der Waals surface area (Å²) in [7, 11) is 0. The molecule has 6 heteroatoms. The molecule has 0 aromatic heterocycles. The summed E-state index contributed by atoms with van der Waals surface area (Å²) in [4.78, 5) is 19.4. The average molecular weight is 338 g/mol. The number of carbonyl (C=O) groups excluding carboxylic acids is 1. The zero-order valence-electron chi connectivity index (χ0n) is 15.6. The number of hydrogen-bond acceptors (Lipinski definition) is 5. The lowest BCUT2D eigenvalue weighted by molar-refractivity contribution is 0.00428. The molecule has 0 aromatic carbocycles. The predicted octanol–water partition coefficient (Wildman–Crippen LogP) is 1.37. The molecule has 2 atom stereocenters. The number of rotatable bonds is 2. The standard InChI is InChI=1S/C18H34N4O2/c1-18(2,3)24-17(23)22-13-11-21(12-14-22)16-6-4-5-15(16)20-9-7-19-8-10-20/h15-16,19H,4-14H2,1-3H3/t15-,16+/m0/s1. The van der Waals surface area contributed by atoms with E-state index in [0.29, 0.717) is 12.1 Å². The number of carbonyl (C=O) groups is 1. The molecule has 6 nitrogen and oxygen atoms in total. The highest BCUT2D eigenvalue weighted by Crippen LogP contribution is 2.29. The van der Waals surface area contributed by atoms with Crippen molar-refractivity contribution < 1.29 is 9.53 Å². The van der Waals surface area contributed by atoms with E-state index < -0.39 is 5.60 Å². The van der Waals surface area contributed by atoms with Crippen LogP contribution in [0.5, 0.6) is 0 Å². The number of ether oxygens (including phenoxy) is 1. The van der Waals surface area contributed by atoms with Gasteiger partial charge in [0, 0.05) is 64.4 Å². The van der Waals surface area contributed by atoms with Crippen LogP contribution in [-0.2, 0) is 4.74 Å². The molecule has 1 amide bonds. The van der Waals surface area contributed by atoms with E-state index in [-0.39, 0.29) is 6.09 Å². The Morgan fingerprint density at radius 3 is 2.00 bits per heavy atom. The van der Waals surface area contributed by atoms with E-state index in [1.165, 1.54) is 32.4 Å². The van der Waals surface area contributed by atoms with Gasteiger partial charge in [-0.1, -0.05) is 6.42 Å². The second-order valence-corrected chi connectivity index (χ2v) is 8.35. The molecule has 2 heterocycles. The fourth-order valence-electron chi connectivity index (χ4n) is 4.35. The third-order valence-electron chi connectivity index (χ3n) is 5.50. The van der Waals surface area contributed by atoms with E-state index in [1.807, 2.05) is 25.7 Å². The SMILES string of the molecule is CC(C)(C)OC(=O)N1CCN([C@@H]2CCC[C@@H]2N2CCNCC2)CC1. The first-order valence-electron chi connectivity index (χ1n) is 9.61. The van der Waals surface area contributed by atoms with Crippen molar-refractivity contribution in [1.29, 1.82) is 0 Å². The van der Waals surface area contributed by atoms with Crippen molar-refractivity contribution in [1.82, 2.24) is 20.0 Å². The maximum atomic E-state index is 12.2. The van der Waals surface area contributed by atoms with E-state index >= 15 is 0 Å². The number of amides is 1. The number of piperazine rings is 2. The molecule has 3 rings (SSSR count). The van der Waals surface area contributed by atoms with Crippen LogP contribution in [0.3, 0.4) is 0 Å². The summed E-state index contributed by atoms with van der Waals surface area (Å²) >= 11 is 0. The molecule has 1 N–H and O–H groups in total. The Morgan fingerprint density at radius 2 is 1.46 bits per heavy atom. The minimum atomic E-state index is -0.410. The van der Waals surface area contributed by atoms with Crippen LogP contribution >= 0.6 is 0 Å². The summed E-state index contributed by atoms with van der Waals surface area (Å²) in [5, 5.41) is 3.46. The molecule has 2 aliphatic heterocycles. The minimum Gasteiger partial charge on any atom is -0.444 e. The lowest BCUT2D eigenvalue weighted by atomic mass is 10.1. The van der Waals surface area contributed by atoms with Crippen molar-refractivity contribution in [2.45, 2.75) is 57.7 Å². The Kier molecular flexibility index (Phi) is 5.67. The molecule has 0 spiro atoms. The van der Waals surface area contributed by atoms with Gasteiger partial charge in [-0.2, -0.15) is 0 Å². The largest absolute Gasteiger partial charge is 0.444 e. The van der Waals surface area contributed by atoms with Gasteiger partial charge in [0.05, 0.1) is 0 Å². The Hall–Kier alpha value is -0.850. The van der Waals surface area contributed by atoms with Crippen LogP contribution in [0.2, 0.25) is 0 Å². The predicted molar refractivity (Wildman–Crippen MR) is 95.2 cm³/mol. The van der Waals surface area contributed by atoms with E-state index in [1.54, 1.807) is 0 Å². The molecular weight excluding hydrogens is 304 g/mol. The average Bonchev–Trinajstić information content (AvgIpc) is 3.04. The van der Waals surface area contributed by atoms with Gasteiger partial charge in [-0.3, -0.25) is 9.80 Å². The van der Waals surface area contributed by atoms with Crippen LogP contribution in [0.1, 0.15) is 40.0 Å². The van der Waals surface area contributed by atoms with E-state index in [0.717, 1.165) is 39.3 Å². The van der Waals surface area contributed by atoms with Gasteiger partial charge in [0.15, 0.2) is 0 Å². The summed E-state index contributed by atoms with van der Waals surface area (Å²) in [6, 6.07) is 1.38. The van der Waals surface area contributed by atoms with Gasteiger partial charge in [-0.25, -0.2) is 4.79 Å². The quantitative estimate of drug-likeness (QED) is 0.824. The summed E-state index contributed by atoms with van der Waals surface area (Å²) in [6.45, 7) is 13.9. The second kappa shape index (κ2) is 7.58. The fraction of sp³-hybridized carbons (Fsp3) is 0.944. The lowest BCUT2D eigenvalue weighted by Gasteiger charge is -2.43. The molecule has 0 radical (unpaired) electrons. The normalized spacial score (nSPS) is 30.5. The van der Waals surface area contributed by atoms with E-state index in [4.69, 9.17) is 4.74 Å². The Bertz CT molecular complexity index is 423. The second-order valence-electron chi connectivity index (χ2n) is 8.35. The van der Waals surface area contributed by atoms with Crippen molar-refractivity contribution in [3.63, 3.8) is 0 Å². The molecule has 138 valence electrons. The minimum absolute atomic E-state index is 0.160. The zero-order valence-corrected chi connectivity index (χ0v) is 15.6. The smallest absolute Gasteiger partial charge is 0.410 e. The monoisotopic (exact) mass is 338 g/mol. The molecule has 0 unspecified atom stereocenters. The highest BCUT2D eigenvalue weighted by Gasteiger charge is 2.38. The maximum absolute atomic E-state index is 12.2. The van der Waals surface area contributed by atoms with Gasteiger partial charge in [0.1, 0.15) is 5.60 Å². The van der Waals surface area contributed by atoms with Gasteiger partial charge >= 0.3 is 6.09 Å². The van der Waals surface area contributed by atoms with Gasteiger partial charge < -0.3 is 15.0 Å². The first-order chi connectivity index (χ1) is 11.4. The van der Waals surface area contributed by atoms with Crippen LogP contribution in [-0.4, -0.2) is 90.8 Å². The number of nitrogens with one attached hydrogen (secondary N) is 1. The first kappa shape index (κ1) is 18.0. The van der Waals surface area contributed by atoms with E-state index in [9.17, 15) is 4.79 Å². The third-order valence-corrected chi connectivity index (χ3v) is 5.50. The summed E-state index contributed by atoms with van der Waals surface area (Å²) in [5.41, 5.74) is -0.410. The summed E-state index contributed by atoms with van der Waals surface area (Å²) < 4.78 is 5.51. The topological polar surface area (TPSA) is 48.1 Å². The number of nitrogens with zero attached hydrogens (tertiary/aromatic N) is 3. The Morgan fingerprint density at radius 1 is 0.917 bits per heavy atom. The van der Waals surface area contributed by atoms with Crippen molar-refractivity contribution in [3.05, 3.63) is 0 Å². The molecule has 1 saturated carbocycles. The van der Waals surface area contributed by atoms with Gasteiger partial charge in [0.25, 0.3) is 0 Å². The van der Waals surface area contributed by atoms with Crippen molar-refractivity contribution in [2.75, 3.05) is 52.4 Å². The highest BCUT2D eigenvalue weighted by molar-refractivity contribution is 5.68. The van der Waals surface area contributed by atoms with Crippen LogP contribution in [0.4, 0.5) is 4.79 Å². The summed E-state index contributed by atoms with van der Waals surface area (Å²) in [6.07, 6.45) is 3.82. The zero-order chi connectivity index (χ0) is 17.2. The van der Waals surface area contributed by atoms with Gasteiger partial charge in [0.2, 0.25) is 0 Å². The number of hydrogen-bond donors (Lipinski definition) is 1. The van der Waals surface area contributed by atoms with Crippen LogP contribution < -0.4 is 5.32 Å². The molecular formula is C18H34N4O2. The molecule has 2 saturated heterocycles. The Labute approximate surface area is 146 Å². The van der Waals surface area contributed by atoms with Crippen molar-refractivity contribution in [2.24, 2.45) is 0 Å². The van der Waals surface area contributed by atoms with Crippen LogP contribution in [0.25, 0.3) is 0 Å². The summed E-state index contributed by atoms with van der Waals surface area (Å²) in [5.74, 6) is 0. The Balaban J connectivity index is 1.51. The van der Waals surface area contributed by atoms with Crippen molar-refractivity contribution in [3.8, 4) is 0 Å². The third kappa shape index (κ3) is 4.41. The van der Waals surface area contributed by atoms with Gasteiger partial charge in [-0.05, 0) is 33.6 Å². The highest BCUT2D eigenvalue weighted by atomic mass is 16.6.